The summed E-state index contributed by atoms with van der Waals surface area (Å²) in [6, 6.07) is 0. The van der Waals surface area contributed by atoms with E-state index in [1.165, 1.54) is 6.92 Å². The van der Waals surface area contributed by atoms with Gasteiger partial charge < -0.3 is 18.2 Å². The number of rotatable bonds is 5. The number of aliphatic carboxylic acids is 2. The zero-order chi connectivity index (χ0) is 9.72. The van der Waals surface area contributed by atoms with Gasteiger partial charge in [-0.05, 0) is 6.92 Å². The van der Waals surface area contributed by atoms with E-state index >= 15 is 0 Å². The van der Waals surface area contributed by atoms with Gasteiger partial charge in [0.15, 0.2) is 0 Å². The first kappa shape index (κ1) is 15.1. The molecule has 0 fully saturated rings. The molecule has 0 radical (unpaired) electrons. The Morgan fingerprint density at radius 2 is 1.62 bits per heavy atom. The first-order valence-corrected chi connectivity index (χ1v) is 3.29. The van der Waals surface area contributed by atoms with Crippen molar-refractivity contribution in [3.63, 3.8) is 0 Å². The number of aliphatic hydroxyl groups excluding tert-OH is 1. The molecule has 0 bridgehead atoms. The molecule has 0 amide bonds. The van der Waals surface area contributed by atoms with Gasteiger partial charge in [0, 0.05) is 0 Å². The van der Waals surface area contributed by atoms with Gasteiger partial charge in [0.2, 0.25) is 0 Å². The second kappa shape index (κ2) is 7.07. The molecule has 3 N–H and O–H groups in total. The summed E-state index contributed by atoms with van der Waals surface area (Å²) < 4.78 is 0. The van der Waals surface area contributed by atoms with Crippen molar-refractivity contribution in [3.05, 3.63) is 0 Å². The molecule has 1 atom stereocenters. The van der Waals surface area contributed by atoms with Crippen molar-refractivity contribution >= 4 is 35.0 Å². The van der Waals surface area contributed by atoms with E-state index in [1.54, 1.807) is 0 Å². The van der Waals surface area contributed by atoms with Gasteiger partial charge in [-0.2, -0.15) is 0 Å². The van der Waals surface area contributed by atoms with E-state index in [0.29, 0.717) is 0 Å². The molecule has 0 aromatic heterocycles. The Kier molecular flexibility index (Phi) is 8.22. The zero-order valence-electron chi connectivity index (χ0n) is 9.30. The molecule has 0 aromatic carbocycles. The fourth-order valence-electron chi connectivity index (χ4n) is 0.668. The van der Waals surface area contributed by atoms with Gasteiger partial charge in [0.1, 0.15) is 6.23 Å². The van der Waals surface area contributed by atoms with Crippen molar-refractivity contribution in [2.75, 3.05) is 13.1 Å². The molecule has 0 saturated carbocycles. The van der Waals surface area contributed by atoms with Crippen molar-refractivity contribution < 1.29 is 27.8 Å². The van der Waals surface area contributed by atoms with Gasteiger partial charge in [-0.15, -0.1) is 0 Å². The summed E-state index contributed by atoms with van der Waals surface area (Å²) in [5, 5.41) is 25.5. The minimum atomic E-state index is -1.17. The molecule has 0 aliphatic rings. The molecule has 74 valence electrons. The molecule has 0 aliphatic heterocycles. The summed E-state index contributed by atoms with van der Waals surface area (Å²) in [4.78, 5) is 21.2. The Morgan fingerprint density at radius 3 is 1.77 bits per heavy atom. The van der Waals surface area contributed by atoms with Gasteiger partial charge in [-0.25, -0.2) is 0 Å². The number of nitrogens with zero attached hydrogens (tertiary/aromatic N) is 1. The molecular weight excluding hydrogens is 190 g/mol. The van der Waals surface area contributed by atoms with E-state index in [2.05, 4.69) is 0 Å². The number of carbonyl (C=O) groups is 2. The minimum Gasteiger partial charge on any atom is -1.00 e. The fraction of sp³-hybridized carbons (Fsp3) is 0.667. The summed E-state index contributed by atoms with van der Waals surface area (Å²) in [6.07, 6.45) is -1.07. The summed E-state index contributed by atoms with van der Waals surface area (Å²) in [6.45, 7) is 0.347. The number of hydrogen-bond acceptors (Lipinski definition) is 4. The average molecular weight is 203 g/mol. The van der Waals surface area contributed by atoms with Crippen LogP contribution in [0.2, 0.25) is 0 Å². The van der Waals surface area contributed by atoms with Gasteiger partial charge >= 0.3 is 35.0 Å². The van der Waals surface area contributed by atoms with Crippen LogP contribution in [-0.2, 0) is 9.59 Å². The number of aliphatic hydroxyl groups is 1. The predicted octanol–water partition coefficient (Wildman–Crippen LogP) is -1.36. The van der Waals surface area contributed by atoms with Gasteiger partial charge in [-0.1, -0.05) is 0 Å². The quantitative estimate of drug-likeness (QED) is 0.377. The largest absolute Gasteiger partial charge is 2.00 e. The van der Waals surface area contributed by atoms with Crippen molar-refractivity contribution in [1.29, 1.82) is 0 Å². The Morgan fingerprint density at radius 1 is 1.31 bits per heavy atom. The first-order valence-electron chi connectivity index (χ1n) is 3.29. The molecule has 13 heavy (non-hydrogen) atoms. The Hall–Kier alpha value is -0.374. The standard InChI is InChI=1S/C6H11NO5.Mg.2H/c1-4(8)7(2-5(9)10)3-6(11)12;;;/h4,8H,2-3H2,1H3,(H,9,10)(H,11,12);;;/q;+2;2*-1. The fourth-order valence-corrected chi connectivity index (χ4v) is 0.668. The Labute approximate surface area is 94.3 Å². The van der Waals surface area contributed by atoms with Crippen LogP contribution in [0, 0.1) is 0 Å². The van der Waals surface area contributed by atoms with Crippen LogP contribution in [0.5, 0.6) is 0 Å². The molecule has 0 rings (SSSR count). The van der Waals surface area contributed by atoms with Crippen LogP contribution in [0.4, 0.5) is 0 Å². The molecule has 7 heteroatoms. The van der Waals surface area contributed by atoms with E-state index in [-0.39, 0.29) is 25.9 Å². The second-order valence-corrected chi connectivity index (χ2v) is 2.32. The third-order valence-corrected chi connectivity index (χ3v) is 1.21. The van der Waals surface area contributed by atoms with Crippen molar-refractivity contribution in [3.8, 4) is 0 Å². The third kappa shape index (κ3) is 7.97. The predicted molar refractivity (Wildman–Crippen MR) is 46.5 cm³/mol. The summed E-state index contributed by atoms with van der Waals surface area (Å²) >= 11 is 0. The minimum absolute atomic E-state index is 0. The average Bonchev–Trinajstić information content (AvgIpc) is 1.83. The topological polar surface area (TPSA) is 98.1 Å². The van der Waals surface area contributed by atoms with Gasteiger partial charge in [0.05, 0.1) is 13.1 Å². The smallest absolute Gasteiger partial charge is 1.00 e. The molecule has 0 saturated heterocycles. The van der Waals surface area contributed by atoms with E-state index in [0.717, 1.165) is 4.90 Å². The number of carboxylic acid groups (broad SMARTS) is 2. The van der Waals surface area contributed by atoms with Crippen LogP contribution in [-0.4, -0.2) is 74.5 Å². The molecule has 0 spiro atoms. The summed E-state index contributed by atoms with van der Waals surface area (Å²) in [5.41, 5.74) is 0. The SMILES string of the molecule is CC(O)N(CC(=O)O)CC(=O)O.[H-].[H-].[Mg+2]. The van der Waals surface area contributed by atoms with E-state index in [4.69, 9.17) is 15.3 Å². The third-order valence-electron chi connectivity index (χ3n) is 1.21. The molecule has 1 unspecified atom stereocenters. The van der Waals surface area contributed by atoms with Crippen LogP contribution < -0.4 is 0 Å². The molecule has 6 nitrogen and oxygen atoms in total. The maximum Gasteiger partial charge on any atom is 2.00 e. The van der Waals surface area contributed by atoms with Gasteiger partial charge in [0.25, 0.3) is 0 Å². The van der Waals surface area contributed by atoms with Gasteiger partial charge in [-0.3, -0.25) is 14.5 Å². The van der Waals surface area contributed by atoms with Crippen LogP contribution in [0.15, 0.2) is 0 Å². The maximum absolute atomic E-state index is 10.1. The van der Waals surface area contributed by atoms with E-state index in [9.17, 15) is 9.59 Å². The Balaban J connectivity index is -0.000000202. The van der Waals surface area contributed by atoms with Crippen LogP contribution in [0.25, 0.3) is 0 Å². The van der Waals surface area contributed by atoms with Crippen LogP contribution >= 0.6 is 0 Å². The first-order chi connectivity index (χ1) is 5.43. The molecular formula is C6H13MgNO5. The van der Waals surface area contributed by atoms with Crippen LogP contribution in [0.3, 0.4) is 0 Å². The summed E-state index contributed by atoms with van der Waals surface area (Å²) in [5.74, 6) is -2.34. The number of hydrogen-bond donors (Lipinski definition) is 3. The van der Waals surface area contributed by atoms with Crippen LogP contribution in [0.1, 0.15) is 9.78 Å². The normalized spacial score (nSPS) is 11.9. The zero-order valence-corrected chi connectivity index (χ0v) is 8.72. The number of carboxylic acids is 2. The van der Waals surface area contributed by atoms with E-state index in [1.807, 2.05) is 0 Å². The summed E-state index contributed by atoms with van der Waals surface area (Å²) in [7, 11) is 0. The van der Waals surface area contributed by atoms with E-state index < -0.39 is 31.3 Å². The molecule has 0 heterocycles. The molecule has 0 aromatic rings. The monoisotopic (exact) mass is 203 g/mol. The Bertz CT molecular complexity index is 176. The van der Waals surface area contributed by atoms with Crippen molar-refractivity contribution in [2.24, 2.45) is 0 Å². The van der Waals surface area contributed by atoms with Crippen molar-refractivity contribution in [1.82, 2.24) is 4.90 Å². The maximum atomic E-state index is 10.1. The van der Waals surface area contributed by atoms with Crippen molar-refractivity contribution in [2.45, 2.75) is 13.2 Å². The molecule has 0 aliphatic carbocycles. The second-order valence-electron chi connectivity index (χ2n) is 2.32.